The molecule has 2 aromatic rings. The van der Waals surface area contributed by atoms with Crippen LogP contribution in [0, 0.1) is 0 Å². The van der Waals surface area contributed by atoms with Crippen LogP contribution in [0.15, 0.2) is 48.5 Å². The molecule has 0 unspecified atom stereocenters. The largest absolute Gasteiger partial charge is 0.489 e. The summed E-state index contributed by atoms with van der Waals surface area (Å²) in [5.41, 5.74) is 2.26. The number of halogens is 1. The monoisotopic (exact) mass is 289 g/mol. The highest BCUT2D eigenvalue weighted by atomic mass is 35.5. The van der Waals surface area contributed by atoms with Gasteiger partial charge in [0.2, 0.25) is 0 Å². The van der Waals surface area contributed by atoms with Crippen molar-refractivity contribution >= 4 is 11.6 Å². The molecule has 0 heterocycles. The van der Waals surface area contributed by atoms with Crippen molar-refractivity contribution < 1.29 is 4.74 Å². The molecule has 20 heavy (non-hydrogen) atoms. The Balaban J connectivity index is 1.98. The Hall–Kier alpha value is -1.51. The third-order valence-electron chi connectivity index (χ3n) is 3.00. The van der Waals surface area contributed by atoms with Crippen LogP contribution in [0.1, 0.15) is 24.5 Å². The van der Waals surface area contributed by atoms with Gasteiger partial charge >= 0.3 is 0 Å². The Morgan fingerprint density at radius 3 is 2.75 bits per heavy atom. The molecule has 2 nitrogen and oxygen atoms in total. The number of ether oxygens (including phenoxy) is 1. The van der Waals surface area contributed by atoms with Gasteiger partial charge in [-0.2, -0.15) is 0 Å². The van der Waals surface area contributed by atoms with E-state index < -0.39 is 0 Å². The molecule has 0 radical (unpaired) electrons. The zero-order valence-corrected chi connectivity index (χ0v) is 12.5. The minimum absolute atomic E-state index is 0.533. The lowest BCUT2D eigenvalue weighted by Gasteiger charge is -2.12. The van der Waals surface area contributed by atoms with Gasteiger partial charge in [-0.05, 0) is 36.7 Å². The van der Waals surface area contributed by atoms with Crippen LogP contribution in [0.3, 0.4) is 0 Å². The fourth-order valence-corrected chi connectivity index (χ4v) is 2.19. The molecule has 0 saturated heterocycles. The van der Waals surface area contributed by atoms with E-state index in [1.54, 1.807) is 0 Å². The molecule has 3 heteroatoms. The third-order valence-corrected chi connectivity index (χ3v) is 3.23. The molecule has 0 aliphatic carbocycles. The quantitative estimate of drug-likeness (QED) is 0.762. The maximum Gasteiger partial charge on any atom is 0.124 e. The molecule has 1 N–H and O–H groups in total. The molecule has 2 aromatic carbocycles. The van der Waals surface area contributed by atoms with Gasteiger partial charge in [-0.1, -0.05) is 48.9 Å². The lowest BCUT2D eigenvalue weighted by molar-refractivity contribution is 0.302. The topological polar surface area (TPSA) is 21.3 Å². The van der Waals surface area contributed by atoms with Gasteiger partial charge < -0.3 is 10.1 Å². The molecule has 0 atom stereocenters. The number of nitrogens with one attached hydrogen (secondary N) is 1. The Labute approximate surface area is 125 Å². The summed E-state index contributed by atoms with van der Waals surface area (Å²) in [5.74, 6) is 0.927. The number of rotatable bonds is 7. The maximum absolute atomic E-state index is 5.98. The number of hydrogen-bond donors (Lipinski definition) is 1. The molecule has 0 aliphatic rings. The Morgan fingerprint density at radius 1 is 1.10 bits per heavy atom. The first-order valence-corrected chi connectivity index (χ1v) is 7.33. The molecular weight excluding hydrogens is 270 g/mol. The van der Waals surface area contributed by atoms with Gasteiger partial charge in [0.1, 0.15) is 12.4 Å². The first-order chi connectivity index (χ1) is 9.79. The minimum atomic E-state index is 0.533. The minimum Gasteiger partial charge on any atom is -0.489 e. The number of benzene rings is 2. The van der Waals surface area contributed by atoms with Crippen LogP contribution in [-0.2, 0) is 13.2 Å². The van der Waals surface area contributed by atoms with Crippen molar-refractivity contribution in [3.05, 3.63) is 64.7 Å². The summed E-state index contributed by atoms with van der Waals surface area (Å²) in [6.45, 7) is 4.54. The summed E-state index contributed by atoms with van der Waals surface area (Å²) in [7, 11) is 0. The van der Waals surface area contributed by atoms with Gasteiger partial charge in [0.25, 0.3) is 0 Å². The van der Waals surface area contributed by atoms with E-state index in [1.807, 2.05) is 42.5 Å². The van der Waals surface area contributed by atoms with Crippen LogP contribution in [-0.4, -0.2) is 6.54 Å². The molecule has 0 fully saturated rings. The lowest BCUT2D eigenvalue weighted by atomic mass is 10.2. The van der Waals surface area contributed by atoms with Gasteiger partial charge in [-0.15, -0.1) is 0 Å². The average molecular weight is 290 g/mol. The van der Waals surface area contributed by atoms with Crippen molar-refractivity contribution in [1.82, 2.24) is 5.32 Å². The molecular formula is C17H20ClNO. The maximum atomic E-state index is 5.98. The highest BCUT2D eigenvalue weighted by molar-refractivity contribution is 6.30. The zero-order chi connectivity index (χ0) is 14.2. The predicted molar refractivity (Wildman–Crippen MR) is 84.2 cm³/mol. The van der Waals surface area contributed by atoms with E-state index in [1.165, 1.54) is 5.56 Å². The normalized spacial score (nSPS) is 10.5. The van der Waals surface area contributed by atoms with Crippen LogP contribution < -0.4 is 10.1 Å². The zero-order valence-electron chi connectivity index (χ0n) is 11.7. The molecule has 0 saturated carbocycles. The van der Waals surface area contributed by atoms with Crippen molar-refractivity contribution in [3.8, 4) is 5.75 Å². The van der Waals surface area contributed by atoms with Crippen LogP contribution >= 0.6 is 11.6 Å². The second kappa shape index (κ2) is 7.93. The molecule has 0 spiro atoms. The van der Waals surface area contributed by atoms with Gasteiger partial charge in [-0.25, -0.2) is 0 Å². The van der Waals surface area contributed by atoms with Crippen molar-refractivity contribution in [2.75, 3.05) is 6.54 Å². The van der Waals surface area contributed by atoms with E-state index in [2.05, 4.69) is 18.3 Å². The first-order valence-electron chi connectivity index (χ1n) is 6.95. The summed E-state index contributed by atoms with van der Waals surface area (Å²) in [6.07, 6.45) is 1.13. The summed E-state index contributed by atoms with van der Waals surface area (Å²) in [5, 5.41) is 4.14. The summed E-state index contributed by atoms with van der Waals surface area (Å²) < 4.78 is 5.91. The van der Waals surface area contributed by atoms with Gasteiger partial charge in [0, 0.05) is 17.1 Å². The Bertz CT molecular complexity index is 542. The molecule has 106 valence electrons. The number of para-hydroxylation sites is 1. The highest BCUT2D eigenvalue weighted by Crippen LogP contribution is 2.20. The van der Waals surface area contributed by atoms with E-state index >= 15 is 0 Å². The van der Waals surface area contributed by atoms with E-state index in [0.29, 0.717) is 6.61 Å². The van der Waals surface area contributed by atoms with Crippen LogP contribution in [0.2, 0.25) is 5.02 Å². The SMILES string of the molecule is CCCNCc1ccccc1OCc1cccc(Cl)c1. The van der Waals surface area contributed by atoms with E-state index in [-0.39, 0.29) is 0 Å². The second-order valence-corrected chi connectivity index (χ2v) is 5.14. The molecule has 2 rings (SSSR count). The Kier molecular flexibility index (Phi) is 5.90. The van der Waals surface area contributed by atoms with Gasteiger partial charge in [-0.3, -0.25) is 0 Å². The van der Waals surface area contributed by atoms with Crippen molar-refractivity contribution in [2.24, 2.45) is 0 Å². The summed E-state index contributed by atoms with van der Waals surface area (Å²) >= 11 is 5.98. The van der Waals surface area contributed by atoms with Crippen molar-refractivity contribution in [3.63, 3.8) is 0 Å². The summed E-state index contributed by atoms with van der Waals surface area (Å²) in [4.78, 5) is 0. The first kappa shape index (κ1) is 14.9. The van der Waals surface area contributed by atoms with Gasteiger partial charge in [0.05, 0.1) is 0 Å². The van der Waals surface area contributed by atoms with Crippen molar-refractivity contribution in [1.29, 1.82) is 0 Å². The Morgan fingerprint density at radius 2 is 1.95 bits per heavy atom. The standard InChI is InChI=1S/C17H20ClNO/c1-2-10-19-12-15-7-3-4-9-17(15)20-13-14-6-5-8-16(18)11-14/h3-9,11,19H,2,10,12-13H2,1H3. The molecule has 0 aliphatic heterocycles. The fourth-order valence-electron chi connectivity index (χ4n) is 1.98. The smallest absolute Gasteiger partial charge is 0.124 e. The predicted octanol–water partition coefficient (Wildman–Crippen LogP) is 4.42. The average Bonchev–Trinajstić information content (AvgIpc) is 2.47. The van der Waals surface area contributed by atoms with Crippen LogP contribution in [0.4, 0.5) is 0 Å². The molecule has 0 aromatic heterocycles. The van der Waals surface area contributed by atoms with E-state index in [0.717, 1.165) is 35.8 Å². The van der Waals surface area contributed by atoms with E-state index in [9.17, 15) is 0 Å². The van der Waals surface area contributed by atoms with Crippen LogP contribution in [0.25, 0.3) is 0 Å². The lowest BCUT2D eigenvalue weighted by Crippen LogP contribution is -2.14. The highest BCUT2D eigenvalue weighted by Gasteiger charge is 2.03. The van der Waals surface area contributed by atoms with Gasteiger partial charge in [0.15, 0.2) is 0 Å². The molecule has 0 amide bonds. The van der Waals surface area contributed by atoms with E-state index in [4.69, 9.17) is 16.3 Å². The van der Waals surface area contributed by atoms with Crippen LogP contribution in [0.5, 0.6) is 5.75 Å². The third kappa shape index (κ3) is 4.55. The van der Waals surface area contributed by atoms with Crippen molar-refractivity contribution in [2.45, 2.75) is 26.5 Å². The molecule has 0 bridgehead atoms. The summed E-state index contributed by atoms with van der Waals surface area (Å²) in [6, 6.07) is 15.9. The second-order valence-electron chi connectivity index (χ2n) is 4.70. The fraction of sp³-hybridized carbons (Fsp3) is 0.294. The number of hydrogen-bond acceptors (Lipinski definition) is 2.